The maximum atomic E-state index is 6.07. The topological polar surface area (TPSA) is 34.1 Å². The van der Waals surface area contributed by atoms with Crippen LogP contribution in [0.25, 0.3) is 0 Å². The number of aromatic nitrogens is 1. The Morgan fingerprint density at radius 3 is 2.85 bits per heavy atom. The number of hydrogen-bond acceptors (Lipinski definition) is 3. The third-order valence-electron chi connectivity index (χ3n) is 3.80. The number of nitrogens with zero attached hydrogens (tertiary/aromatic N) is 1. The highest BCUT2D eigenvalue weighted by molar-refractivity contribution is 5.42. The second kappa shape index (κ2) is 5.63. The molecule has 2 aromatic rings. The highest BCUT2D eigenvalue weighted by Gasteiger charge is 2.20. The molecule has 0 amide bonds. The zero-order valence-electron chi connectivity index (χ0n) is 12.0. The van der Waals surface area contributed by atoms with Crippen LogP contribution in [0.2, 0.25) is 0 Å². The molecule has 1 aromatic carbocycles. The molecule has 0 atom stereocenters. The van der Waals surface area contributed by atoms with Gasteiger partial charge in [0.1, 0.15) is 11.5 Å². The molecular formula is C17H20N2O. The molecule has 0 radical (unpaired) electrons. The van der Waals surface area contributed by atoms with Crippen molar-refractivity contribution >= 4 is 0 Å². The molecule has 20 heavy (non-hydrogen) atoms. The molecule has 0 unspecified atom stereocenters. The summed E-state index contributed by atoms with van der Waals surface area (Å²) in [6.07, 6.45) is 6.20. The molecule has 104 valence electrons. The van der Waals surface area contributed by atoms with Crippen LogP contribution >= 0.6 is 0 Å². The monoisotopic (exact) mass is 268 g/mol. The average Bonchev–Trinajstić information content (AvgIpc) is 3.27. The number of pyridine rings is 1. The van der Waals surface area contributed by atoms with E-state index in [1.54, 1.807) is 6.20 Å². The minimum absolute atomic E-state index is 0.691. The second-order valence-electron chi connectivity index (χ2n) is 5.44. The highest BCUT2D eigenvalue weighted by Crippen LogP contribution is 2.29. The normalized spacial score (nSPS) is 14.3. The van der Waals surface area contributed by atoms with E-state index in [0.29, 0.717) is 6.04 Å². The molecule has 1 heterocycles. The van der Waals surface area contributed by atoms with Crippen LogP contribution in [0.1, 0.15) is 29.5 Å². The van der Waals surface area contributed by atoms with E-state index < -0.39 is 0 Å². The molecule has 0 spiro atoms. The Kier molecular flexibility index (Phi) is 3.70. The average molecular weight is 268 g/mol. The fourth-order valence-corrected chi connectivity index (χ4v) is 2.14. The van der Waals surface area contributed by atoms with Crippen molar-refractivity contribution in [2.75, 3.05) is 0 Å². The van der Waals surface area contributed by atoms with Gasteiger partial charge in [0.2, 0.25) is 0 Å². The molecule has 1 saturated carbocycles. The largest absolute Gasteiger partial charge is 0.455 e. The summed E-state index contributed by atoms with van der Waals surface area (Å²) in [6, 6.07) is 8.84. The van der Waals surface area contributed by atoms with E-state index in [-0.39, 0.29) is 0 Å². The summed E-state index contributed by atoms with van der Waals surface area (Å²) < 4.78 is 6.07. The number of nitrogens with one attached hydrogen (secondary N) is 1. The van der Waals surface area contributed by atoms with Crippen molar-refractivity contribution in [3.8, 4) is 11.5 Å². The van der Waals surface area contributed by atoms with Gasteiger partial charge in [0.25, 0.3) is 0 Å². The van der Waals surface area contributed by atoms with Crippen molar-refractivity contribution < 1.29 is 4.74 Å². The molecule has 1 aliphatic carbocycles. The highest BCUT2D eigenvalue weighted by atomic mass is 16.5. The first-order chi connectivity index (χ1) is 9.74. The van der Waals surface area contributed by atoms with Gasteiger partial charge in [0.15, 0.2) is 0 Å². The third kappa shape index (κ3) is 2.99. The van der Waals surface area contributed by atoms with Crippen molar-refractivity contribution in [1.29, 1.82) is 0 Å². The van der Waals surface area contributed by atoms with E-state index in [1.807, 2.05) is 24.4 Å². The summed E-state index contributed by atoms with van der Waals surface area (Å²) in [5.41, 5.74) is 3.58. The Morgan fingerprint density at radius 2 is 2.05 bits per heavy atom. The Labute approximate surface area is 120 Å². The molecule has 1 N–H and O–H groups in total. The van der Waals surface area contributed by atoms with Gasteiger partial charge in [-0.1, -0.05) is 12.1 Å². The lowest BCUT2D eigenvalue weighted by molar-refractivity contribution is 0.466. The molecule has 1 fully saturated rings. The van der Waals surface area contributed by atoms with Crippen LogP contribution in [0.4, 0.5) is 0 Å². The van der Waals surface area contributed by atoms with E-state index in [9.17, 15) is 0 Å². The minimum atomic E-state index is 0.691. The zero-order chi connectivity index (χ0) is 13.9. The van der Waals surface area contributed by atoms with Crippen molar-refractivity contribution in [3.05, 3.63) is 53.3 Å². The van der Waals surface area contributed by atoms with Crippen LogP contribution in [0.5, 0.6) is 11.5 Å². The number of ether oxygens (including phenoxy) is 1. The lowest BCUT2D eigenvalue weighted by Crippen LogP contribution is -2.15. The third-order valence-corrected chi connectivity index (χ3v) is 3.80. The molecule has 1 aromatic heterocycles. The van der Waals surface area contributed by atoms with Crippen molar-refractivity contribution in [1.82, 2.24) is 10.3 Å². The number of benzene rings is 1. The standard InChI is InChI=1S/C17H20N2O/c1-12-4-3-5-16(13(12)2)20-17-11-18-9-8-14(17)10-19-15-6-7-15/h3-5,8-9,11,15,19H,6-7,10H2,1-2H3. The Bertz CT molecular complexity index is 606. The van der Waals surface area contributed by atoms with Crippen LogP contribution < -0.4 is 10.1 Å². The zero-order valence-corrected chi connectivity index (χ0v) is 12.0. The Balaban J connectivity index is 1.80. The van der Waals surface area contributed by atoms with E-state index in [2.05, 4.69) is 30.2 Å². The number of aryl methyl sites for hydroxylation is 1. The van der Waals surface area contributed by atoms with Crippen LogP contribution in [0.3, 0.4) is 0 Å². The fraction of sp³-hybridized carbons (Fsp3) is 0.353. The van der Waals surface area contributed by atoms with Gasteiger partial charge in [-0.05, 0) is 49.9 Å². The van der Waals surface area contributed by atoms with Crippen LogP contribution in [-0.4, -0.2) is 11.0 Å². The van der Waals surface area contributed by atoms with E-state index >= 15 is 0 Å². The molecular weight excluding hydrogens is 248 g/mol. The van der Waals surface area contributed by atoms with E-state index in [1.165, 1.54) is 24.0 Å². The summed E-state index contributed by atoms with van der Waals surface area (Å²) in [6.45, 7) is 5.03. The minimum Gasteiger partial charge on any atom is -0.455 e. The van der Waals surface area contributed by atoms with Gasteiger partial charge in [-0.25, -0.2) is 0 Å². The fourth-order valence-electron chi connectivity index (χ4n) is 2.14. The molecule has 0 bridgehead atoms. The van der Waals surface area contributed by atoms with Gasteiger partial charge >= 0.3 is 0 Å². The summed E-state index contributed by atoms with van der Waals surface area (Å²) >= 11 is 0. The summed E-state index contributed by atoms with van der Waals surface area (Å²) in [5, 5.41) is 3.52. The first-order valence-corrected chi connectivity index (χ1v) is 7.14. The maximum Gasteiger partial charge on any atom is 0.150 e. The Hall–Kier alpha value is -1.87. The lowest BCUT2D eigenvalue weighted by Gasteiger charge is -2.13. The SMILES string of the molecule is Cc1cccc(Oc2cnccc2CNC2CC2)c1C. The first kappa shape index (κ1) is 13.1. The van der Waals surface area contributed by atoms with Crippen molar-refractivity contribution in [3.63, 3.8) is 0 Å². The molecule has 1 aliphatic rings. The Morgan fingerprint density at radius 1 is 1.20 bits per heavy atom. The molecule has 0 saturated heterocycles. The number of hydrogen-bond donors (Lipinski definition) is 1. The van der Waals surface area contributed by atoms with Crippen LogP contribution in [-0.2, 0) is 6.54 Å². The predicted molar refractivity (Wildman–Crippen MR) is 80.1 cm³/mol. The second-order valence-corrected chi connectivity index (χ2v) is 5.44. The van der Waals surface area contributed by atoms with Gasteiger partial charge in [0, 0.05) is 24.3 Å². The van der Waals surface area contributed by atoms with Gasteiger partial charge in [-0.15, -0.1) is 0 Å². The maximum absolute atomic E-state index is 6.07. The van der Waals surface area contributed by atoms with Crippen LogP contribution in [0.15, 0.2) is 36.7 Å². The van der Waals surface area contributed by atoms with Crippen LogP contribution in [0, 0.1) is 13.8 Å². The van der Waals surface area contributed by atoms with Gasteiger partial charge < -0.3 is 10.1 Å². The lowest BCUT2D eigenvalue weighted by atomic mass is 10.1. The molecule has 0 aliphatic heterocycles. The van der Waals surface area contributed by atoms with Gasteiger partial charge in [0.05, 0.1) is 6.20 Å². The first-order valence-electron chi connectivity index (χ1n) is 7.14. The quantitative estimate of drug-likeness (QED) is 0.897. The molecule has 3 nitrogen and oxygen atoms in total. The van der Waals surface area contributed by atoms with E-state index in [0.717, 1.165) is 23.6 Å². The molecule has 3 rings (SSSR count). The predicted octanol–water partition coefficient (Wildman–Crippen LogP) is 3.74. The number of rotatable bonds is 5. The smallest absolute Gasteiger partial charge is 0.150 e. The summed E-state index contributed by atoms with van der Waals surface area (Å²) in [7, 11) is 0. The molecule has 3 heteroatoms. The van der Waals surface area contributed by atoms with Gasteiger partial charge in [-0.3, -0.25) is 4.98 Å². The van der Waals surface area contributed by atoms with E-state index in [4.69, 9.17) is 4.74 Å². The van der Waals surface area contributed by atoms with Crippen molar-refractivity contribution in [2.45, 2.75) is 39.3 Å². The van der Waals surface area contributed by atoms with Gasteiger partial charge in [-0.2, -0.15) is 0 Å². The summed E-state index contributed by atoms with van der Waals surface area (Å²) in [4.78, 5) is 4.18. The summed E-state index contributed by atoms with van der Waals surface area (Å²) in [5.74, 6) is 1.75. The van der Waals surface area contributed by atoms with Crippen molar-refractivity contribution in [2.24, 2.45) is 0 Å².